The summed E-state index contributed by atoms with van der Waals surface area (Å²) in [5.41, 5.74) is 0.750. The van der Waals surface area contributed by atoms with Gasteiger partial charge in [-0.3, -0.25) is 9.69 Å². The zero-order valence-corrected chi connectivity index (χ0v) is 13.8. The van der Waals surface area contributed by atoms with Crippen LogP contribution in [0.25, 0.3) is 0 Å². The van der Waals surface area contributed by atoms with E-state index in [1.165, 1.54) is 0 Å². The molecule has 1 N–H and O–H groups in total. The molecule has 1 saturated heterocycles. The summed E-state index contributed by atoms with van der Waals surface area (Å²) >= 11 is 0. The molecule has 1 fully saturated rings. The second-order valence-electron chi connectivity index (χ2n) is 6.07. The molecule has 0 bridgehead atoms. The number of aliphatic carboxylic acids is 1. The van der Waals surface area contributed by atoms with Gasteiger partial charge in [0.2, 0.25) is 0 Å². The topological polar surface area (TPSA) is 53.0 Å². The molecule has 0 spiro atoms. The van der Waals surface area contributed by atoms with Crippen LogP contribution in [0.5, 0.6) is 11.5 Å². The molecule has 5 heteroatoms. The summed E-state index contributed by atoms with van der Waals surface area (Å²) < 4.78 is 5.83. The van der Waals surface area contributed by atoms with E-state index < -0.39 is 12.0 Å². The summed E-state index contributed by atoms with van der Waals surface area (Å²) in [4.78, 5) is 16.1. The van der Waals surface area contributed by atoms with E-state index >= 15 is 0 Å². The molecule has 3 rings (SSSR count). The van der Waals surface area contributed by atoms with Crippen molar-refractivity contribution in [2.24, 2.45) is 0 Å². The van der Waals surface area contributed by atoms with Crippen LogP contribution in [-0.2, 0) is 4.79 Å². The highest BCUT2D eigenvalue weighted by atomic mass is 16.5. The van der Waals surface area contributed by atoms with E-state index in [0.29, 0.717) is 5.75 Å². The Bertz CT molecular complexity index is 682. The van der Waals surface area contributed by atoms with Crippen molar-refractivity contribution in [1.82, 2.24) is 9.80 Å². The van der Waals surface area contributed by atoms with Crippen molar-refractivity contribution in [3.05, 3.63) is 60.2 Å². The number of benzene rings is 2. The van der Waals surface area contributed by atoms with Gasteiger partial charge in [0.1, 0.15) is 17.5 Å². The van der Waals surface area contributed by atoms with Gasteiger partial charge < -0.3 is 14.7 Å². The zero-order chi connectivity index (χ0) is 16.9. The first kappa shape index (κ1) is 16.5. The molecule has 2 aromatic carbocycles. The molecule has 1 atom stereocenters. The van der Waals surface area contributed by atoms with Gasteiger partial charge >= 0.3 is 5.97 Å². The fourth-order valence-electron chi connectivity index (χ4n) is 2.96. The van der Waals surface area contributed by atoms with E-state index in [1.807, 2.05) is 59.5 Å². The van der Waals surface area contributed by atoms with Gasteiger partial charge in [-0.05, 0) is 36.9 Å². The molecular weight excluding hydrogens is 304 g/mol. The highest BCUT2D eigenvalue weighted by Gasteiger charge is 2.29. The summed E-state index contributed by atoms with van der Waals surface area (Å²) in [5.74, 6) is 0.566. The molecule has 0 aliphatic carbocycles. The fourth-order valence-corrected chi connectivity index (χ4v) is 2.96. The van der Waals surface area contributed by atoms with E-state index in [2.05, 4.69) is 11.9 Å². The van der Waals surface area contributed by atoms with Gasteiger partial charge in [0.05, 0.1) is 0 Å². The molecule has 0 saturated carbocycles. The average Bonchev–Trinajstić information content (AvgIpc) is 2.58. The lowest BCUT2D eigenvalue weighted by atomic mass is 10.0. The third kappa shape index (κ3) is 3.93. The average molecular weight is 326 g/mol. The van der Waals surface area contributed by atoms with E-state index in [9.17, 15) is 9.90 Å². The lowest BCUT2D eigenvalue weighted by Gasteiger charge is -2.36. The SMILES string of the molecule is CN1CCN(C(C(=O)O)c2cccc(Oc3ccccc3)c2)CC1. The highest BCUT2D eigenvalue weighted by Crippen LogP contribution is 2.28. The number of nitrogens with zero attached hydrogens (tertiary/aromatic N) is 2. The van der Waals surface area contributed by atoms with Crippen LogP contribution in [-0.4, -0.2) is 54.1 Å². The molecule has 1 aliphatic rings. The van der Waals surface area contributed by atoms with Crippen LogP contribution in [0.2, 0.25) is 0 Å². The van der Waals surface area contributed by atoms with E-state index in [-0.39, 0.29) is 0 Å². The van der Waals surface area contributed by atoms with Crippen molar-refractivity contribution < 1.29 is 14.6 Å². The summed E-state index contributed by atoms with van der Waals surface area (Å²) in [5, 5.41) is 9.73. The minimum absolute atomic E-state index is 0.641. The van der Waals surface area contributed by atoms with Gasteiger partial charge in [-0.15, -0.1) is 0 Å². The number of hydrogen-bond acceptors (Lipinski definition) is 4. The predicted molar refractivity (Wildman–Crippen MR) is 92.4 cm³/mol. The standard InChI is InChI=1S/C19H22N2O3/c1-20-10-12-21(13-11-20)18(19(22)23)15-6-5-9-17(14-15)24-16-7-3-2-4-8-16/h2-9,14,18H,10-13H2,1H3,(H,22,23). The first-order valence-corrected chi connectivity index (χ1v) is 8.12. The Morgan fingerprint density at radius 3 is 2.33 bits per heavy atom. The second-order valence-corrected chi connectivity index (χ2v) is 6.07. The van der Waals surface area contributed by atoms with Crippen molar-refractivity contribution in [3.8, 4) is 11.5 Å². The van der Waals surface area contributed by atoms with Gasteiger partial charge in [-0.1, -0.05) is 30.3 Å². The van der Waals surface area contributed by atoms with Gasteiger partial charge in [-0.25, -0.2) is 0 Å². The lowest BCUT2D eigenvalue weighted by Crippen LogP contribution is -2.47. The second kappa shape index (κ2) is 7.47. The number of hydrogen-bond donors (Lipinski definition) is 1. The molecule has 1 aliphatic heterocycles. The van der Waals surface area contributed by atoms with Crippen LogP contribution >= 0.6 is 0 Å². The quantitative estimate of drug-likeness (QED) is 0.916. The van der Waals surface area contributed by atoms with Crippen LogP contribution in [0.3, 0.4) is 0 Å². The molecule has 0 amide bonds. The zero-order valence-electron chi connectivity index (χ0n) is 13.8. The fraction of sp³-hybridized carbons (Fsp3) is 0.316. The smallest absolute Gasteiger partial charge is 0.325 e. The lowest BCUT2D eigenvalue weighted by molar-refractivity contribution is -0.144. The van der Waals surface area contributed by atoms with Crippen LogP contribution < -0.4 is 4.74 Å². The number of carboxylic acid groups (broad SMARTS) is 1. The maximum Gasteiger partial charge on any atom is 0.325 e. The van der Waals surface area contributed by atoms with Crippen molar-refractivity contribution in [1.29, 1.82) is 0 Å². The molecule has 1 heterocycles. The maximum atomic E-state index is 11.9. The Morgan fingerprint density at radius 1 is 1.00 bits per heavy atom. The van der Waals surface area contributed by atoms with Gasteiger partial charge in [0.15, 0.2) is 0 Å². The van der Waals surface area contributed by atoms with Crippen LogP contribution in [0, 0.1) is 0 Å². The summed E-state index contributed by atoms with van der Waals surface area (Å²) in [6, 6.07) is 16.2. The number of carboxylic acids is 1. The van der Waals surface area contributed by atoms with Crippen molar-refractivity contribution >= 4 is 5.97 Å². The van der Waals surface area contributed by atoms with Gasteiger partial charge in [0, 0.05) is 26.2 Å². The van der Waals surface area contributed by atoms with E-state index in [1.54, 1.807) is 0 Å². The highest BCUT2D eigenvalue weighted by molar-refractivity contribution is 5.75. The van der Waals surface area contributed by atoms with Crippen LogP contribution in [0.15, 0.2) is 54.6 Å². The largest absolute Gasteiger partial charge is 0.480 e. The third-order valence-electron chi connectivity index (χ3n) is 4.29. The molecule has 0 radical (unpaired) electrons. The van der Waals surface area contributed by atoms with E-state index in [0.717, 1.165) is 37.5 Å². The number of likely N-dealkylation sites (N-methyl/N-ethyl adjacent to an activating group) is 1. The van der Waals surface area contributed by atoms with Gasteiger partial charge in [-0.2, -0.15) is 0 Å². The van der Waals surface area contributed by atoms with Crippen molar-refractivity contribution in [3.63, 3.8) is 0 Å². The van der Waals surface area contributed by atoms with Crippen molar-refractivity contribution in [2.45, 2.75) is 6.04 Å². The summed E-state index contributed by atoms with van der Waals surface area (Å²) in [6.07, 6.45) is 0. The number of carbonyl (C=O) groups is 1. The molecule has 0 aromatic heterocycles. The van der Waals surface area contributed by atoms with Crippen LogP contribution in [0.4, 0.5) is 0 Å². The van der Waals surface area contributed by atoms with Gasteiger partial charge in [0.25, 0.3) is 0 Å². The predicted octanol–water partition coefficient (Wildman–Crippen LogP) is 2.85. The number of piperazine rings is 1. The molecular formula is C19H22N2O3. The molecule has 1 unspecified atom stereocenters. The first-order valence-electron chi connectivity index (χ1n) is 8.12. The Balaban J connectivity index is 1.81. The molecule has 5 nitrogen and oxygen atoms in total. The minimum atomic E-state index is -0.823. The summed E-state index contributed by atoms with van der Waals surface area (Å²) in [6.45, 7) is 3.25. The Kier molecular flexibility index (Phi) is 5.13. The van der Waals surface area contributed by atoms with Crippen LogP contribution in [0.1, 0.15) is 11.6 Å². The molecule has 126 valence electrons. The Labute approximate surface area is 142 Å². The molecule has 2 aromatic rings. The normalized spacial score (nSPS) is 17.4. The Morgan fingerprint density at radius 2 is 1.67 bits per heavy atom. The third-order valence-corrected chi connectivity index (χ3v) is 4.29. The number of para-hydroxylation sites is 1. The number of rotatable bonds is 5. The van der Waals surface area contributed by atoms with Crippen molar-refractivity contribution in [2.75, 3.05) is 33.2 Å². The summed E-state index contributed by atoms with van der Waals surface area (Å²) in [7, 11) is 2.06. The number of ether oxygens (including phenoxy) is 1. The Hall–Kier alpha value is -2.37. The monoisotopic (exact) mass is 326 g/mol. The first-order chi connectivity index (χ1) is 11.6. The molecule has 24 heavy (non-hydrogen) atoms. The minimum Gasteiger partial charge on any atom is -0.480 e. The van der Waals surface area contributed by atoms with E-state index in [4.69, 9.17) is 4.74 Å². The maximum absolute atomic E-state index is 11.9.